The molecule has 1 aromatic carbocycles. The van der Waals surface area contributed by atoms with E-state index in [4.69, 9.17) is 5.11 Å². The summed E-state index contributed by atoms with van der Waals surface area (Å²) in [6.07, 6.45) is 0.881. The van der Waals surface area contributed by atoms with Crippen LogP contribution in [0, 0.1) is 0 Å². The van der Waals surface area contributed by atoms with Crippen molar-refractivity contribution in [1.82, 2.24) is 0 Å². The molecule has 1 heteroatoms. The lowest BCUT2D eigenvalue weighted by atomic mass is 10.1. The van der Waals surface area contributed by atoms with Gasteiger partial charge >= 0.3 is 0 Å². The maximum Gasteiger partial charge on any atom is 0.0616 e. The first-order valence-corrected chi connectivity index (χ1v) is 3.61. The van der Waals surface area contributed by atoms with Crippen LogP contribution < -0.4 is 0 Å². The number of rotatable bonds is 1. The Morgan fingerprint density at radius 3 is 2.30 bits per heavy atom. The number of aliphatic hydroxyl groups is 1. The second-order valence-electron chi connectivity index (χ2n) is 2.82. The summed E-state index contributed by atoms with van der Waals surface area (Å²) in [6, 6.07) is 10.2. The molecular weight excluding hydrogens is 124 g/mol. The van der Waals surface area contributed by atoms with Crippen molar-refractivity contribution >= 4 is 0 Å². The molecule has 1 N–H and O–H groups in total. The zero-order valence-corrected chi connectivity index (χ0v) is 5.70. The fourth-order valence-electron chi connectivity index (χ4n) is 1.24. The van der Waals surface area contributed by atoms with Crippen molar-refractivity contribution in [1.29, 1.82) is 0 Å². The highest BCUT2D eigenvalue weighted by atomic mass is 16.3. The number of aliphatic hydroxyl groups excluding tert-OH is 1. The summed E-state index contributed by atoms with van der Waals surface area (Å²) in [5.41, 5.74) is 1.27. The van der Waals surface area contributed by atoms with E-state index in [-0.39, 0.29) is 6.10 Å². The second-order valence-corrected chi connectivity index (χ2v) is 2.82. The van der Waals surface area contributed by atoms with Crippen molar-refractivity contribution in [3.05, 3.63) is 35.9 Å². The van der Waals surface area contributed by atoms with Gasteiger partial charge in [0.25, 0.3) is 0 Å². The van der Waals surface area contributed by atoms with E-state index in [9.17, 15) is 0 Å². The third-order valence-corrected chi connectivity index (χ3v) is 1.98. The van der Waals surface area contributed by atoms with Crippen molar-refractivity contribution < 1.29 is 5.11 Å². The molecule has 2 rings (SSSR count). The summed E-state index contributed by atoms with van der Waals surface area (Å²) in [7, 11) is 0. The van der Waals surface area contributed by atoms with Crippen molar-refractivity contribution in [2.45, 2.75) is 18.4 Å². The van der Waals surface area contributed by atoms with Crippen LogP contribution in [0.3, 0.4) is 0 Å². The van der Waals surface area contributed by atoms with Gasteiger partial charge in [0.05, 0.1) is 6.10 Å². The average molecular weight is 134 g/mol. The molecule has 1 saturated carbocycles. The highest BCUT2D eigenvalue weighted by Gasteiger charge is 2.35. The highest BCUT2D eigenvalue weighted by molar-refractivity contribution is 5.25. The summed E-state index contributed by atoms with van der Waals surface area (Å²) >= 11 is 0. The van der Waals surface area contributed by atoms with E-state index in [1.165, 1.54) is 5.56 Å². The van der Waals surface area contributed by atoms with Gasteiger partial charge in [-0.25, -0.2) is 0 Å². The van der Waals surface area contributed by atoms with Crippen LogP contribution in [0.25, 0.3) is 0 Å². The lowest BCUT2D eigenvalue weighted by Gasteiger charge is -1.93. The number of benzene rings is 1. The molecule has 1 nitrogen and oxygen atoms in total. The molecule has 0 radical (unpaired) electrons. The fraction of sp³-hybridized carbons (Fsp3) is 0.333. The van der Waals surface area contributed by atoms with Crippen LogP contribution in [0.5, 0.6) is 0 Å². The van der Waals surface area contributed by atoms with Gasteiger partial charge in [0.15, 0.2) is 0 Å². The summed E-state index contributed by atoms with van der Waals surface area (Å²) in [6.45, 7) is 0. The predicted octanol–water partition coefficient (Wildman–Crippen LogP) is 1.53. The summed E-state index contributed by atoms with van der Waals surface area (Å²) in [5.74, 6) is 0.432. The van der Waals surface area contributed by atoms with Crippen LogP contribution in [0.1, 0.15) is 17.9 Å². The molecule has 0 saturated heterocycles. The van der Waals surface area contributed by atoms with Crippen LogP contribution in [-0.2, 0) is 0 Å². The third-order valence-electron chi connectivity index (χ3n) is 1.98. The molecule has 0 heterocycles. The minimum absolute atomic E-state index is 0.0672. The molecule has 0 amide bonds. The first-order valence-electron chi connectivity index (χ1n) is 3.61. The van der Waals surface area contributed by atoms with E-state index in [0.717, 1.165) is 6.42 Å². The predicted molar refractivity (Wildman–Crippen MR) is 39.8 cm³/mol. The van der Waals surface area contributed by atoms with Gasteiger partial charge in [-0.15, -0.1) is 0 Å². The van der Waals surface area contributed by atoms with Gasteiger partial charge in [-0.1, -0.05) is 30.3 Å². The van der Waals surface area contributed by atoms with Crippen LogP contribution in [0.2, 0.25) is 0 Å². The maximum atomic E-state index is 9.08. The van der Waals surface area contributed by atoms with E-state index in [0.29, 0.717) is 5.92 Å². The van der Waals surface area contributed by atoms with Crippen molar-refractivity contribution in [3.63, 3.8) is 0 Å². The molecule has 52 valence electrons. The number of hydrogen-bond acceptors (Lipinski definition) is 1. The minimum atomic E-state index is -0.0672. The summed E-state index contributed by atoms with van der Waals surface area (Å²) < 4.78 is 0. The topological polar surface area (TPSA) is 20.2 Å². The molecule has 0 unspecified atom stereocenters. The standard InChI is InChI=1S/C9H10O/c10-9-6-8(9)7-4-2-1-3-5-7/h1-5,8-10H,6H2/t8-,9-/m1/s1. The first-order chi connectivity index (χ1) is 4.88. The van der Waals surface area contributed by atoms with Gasteiger partial charge in [0.2, 0.25) is 0 Å². The van der Waals surface area contributed by atoms with Gasteiger partial charge in [-0.3, -0.25) is 0 Å². The molecule has 0 bridgehead atoms. The van der Waals surface area contributed by atoms with E-state index in [2.05, 4.69) is 12.1 Å². The molecule has 2 atom stereocenters. The lowest BCUT2D eigenvalue weighted by Crippen LogP contribution is -1.83. The Kier molecular flexibility index (Phi) is 1.24. The smallest absolute Gasteiger partial charge is 0.0616 e. The molecule has 1 aromatic rings. The van der Waals surface area contributed by atoms with Crippen LogP contribution in [0.15, 0.2) is 30.3 Å². The van der Waals surface area contributed by atoms with Crippen LogP contribution in [0.4, 0.5) is 0 Å². The van der Waals surface area contributed by atoms with Crippen molar-refractivity contribution in [2.24, 2.45) is 0 Å². The quantitative estimate of drug-likeness (QED) is 0.617. The van der Waals surface area contributed by atoms with Crippen LogP contribution >= 0.6 is 0 Å². The second kappa shape index (κ2) is 2.10. The molecule has 1 aliphatic rings. The van der Waals surface area contributed by atoms with Gasteiger partial charge in [0, 0.05) is 5.92 Å². The van der Waals surface area contributed by atoms with Gasteiger partial charge in [-0.2, -0.15) is 0 Å². The maximum absolute atomic E-state index is 9.08. The largest absolute Gasteiger partial charge is 0.392 e. The Labute approximate surface area is 60.3 Å². The number of hydrogen-bond donors (Lipinski definition) is 1. The highest BCUT2D eigenvalue weighted by Crippen LogP contribution is 2.40. The zero-order chi connectivity index (χ0) is 6.97. The van der Waals surface area contributed by atoms with Gasteiger partial charge in [0.1, 0.15) is 0 Å². The van der Waals surface area contributed by atoms with Gasteiger partial charge < -0.3 is 5.11 Å². The first kappa shape index (κ1) is 5.93. The summed E-state index contributed by atoms with van der Waals surface area (Å²) in [4.78, 5) is 0. The SMILES string of the molecule is O[C@@H]1C[C@@H]1c1ccccc1. The average Bonchev–Trinajstić information content (AvgIpc) is 2.69. The van der Waals surface area contributed by atoms with E-state index in [1.54, 1.807) is 0 Å². The summed E-state index contributed by atoms with van der Waals surface area (Å²) in [5, 5.41) is 9.08. The van der Waals surface area contributed by atoms with E-state index < -0.39 is 0 Å². The molecule has 1 aliphatic carbocycles. The Morgan fingerprint density at radius 1 is 1.20 bits per heavy atom. The Hall–Kier alpha value is -0.820. The zero-order valence-electron chi connectivity index (χ0n) is 5.70. The van der Waals surface area contributed by atoms with Gasteiger partial charge in [-0.05, 0) is 12.0 Å². The van der Waals surface area contributed by atoms with Crippen molar-refractivity contribution in [2.75, 3.05) is 0 Å². The minimum Gasteiger partial charge on any atom is -0.392 e. The molecule has 1 fully saturated rings. The molecule has 10 heavy (non-hydrogen) atoms. The van der Waals surface area contributed by atoms with E-state index >= 15 is 0 Å². The normalized spacial score (nSPS) is 30.1. The van der Waals surface area contributed by atoms with Crippen molar-refractivity contribution in [3.8, 4) is 0 Å². The molecule has 0 spiro atoms. The Balaban J connectivity index is 2.20. The van der Waals surface area contributed by atoms with Crippen LogP contribution in [-0.4, -0.2) is 11.2 Å². The van der Waals surface area contributed by atoms with E-state index in [1.807, 2.05) is 18.2 Å². The Morgan fingerprint density at radius 2 is 1.80 bits per heavy atom. The molecule has 0 aliphatic heterocycles. The Bertz CT molecular complexity index is 217. The third kappa shape index (κ3) is 0.929. The monoisotopic (exact) mass is 134 g/mol. The molecule has 0 aromatic heterocycles. The lowest BCUT2D eigenvalue weighted by molar-refractivity contribution is 0.272. The fourth-order valence-corrected chi connectivity index (χ4v) is 1.24. The molecular formula is C9H10O.